The molecule has 4 nitrogen and oxygen atoms in total. The highest BCUT2D eigenvalue weighted by molar-refractivity contribution is 7.09. The smallest absolute Gasteiger partial charge is 0.305 e. The van der Waals surface area contributed by atoms with Gasteiger partial charge in [-0.25, -0.2) is 0 Å². The fourth-order valence-electron chi connectivity index (χ4n) is 3.02. The molecule has 1 aliphatic rings. The number of carbonyl (C=O) groups excluding carboxylic acids is 1. The second-order valence-electron chi connectivity index (χ2n) is 5.47. The number of halogens is 1. The molecule has 0 aromatic heterocycles. The molecule has 0 saturated heterocycles. The molecule has 0 spiro atoms. The molecular weight excluding hydrogens is 299 g/mol. The van der Waals surface area contributed by atoms with Crippen molar-refractivity contribution in [2.45, 2.75) is 56.4 Å². The fourth-order valence-corrected chi connectivity index (χ4v) is 3.83. The molecule has 3 unspecified atom stereocenters. The van der Waals surface area contributed by atoms with E-state index in [1.54, 1.807) is 0 Å². The summed E-state index contributed by atoms with van der Waals surface area (Å²) in [6.45, 7) is 0.134. The summed E-state index contributed by atoms with van der Waals surface area (Å²) in [5, 5.41) is 9.58. The van der Waals surface area contributed by atoms with Crippen LogP contribution in [-0.2, 0) is 14.1 Å². The number of unbranched alkanes of at least 4 members (excludes halogenated alkanes) is 3. The lowest BCUT2D eigenvalue weighted by atomic mass is 9.90. The van der Waals surface area contributed by atoms with E-state index in [0.717, 1.165) is 38.5 Å². The van der Waals surface area contributed by atoms with Gasteiger partial charge in [0.25, 0.3) is 0 Å². The van der Waals surface area contributed by atoms with Crippen LogP contribution in [0.5, 0.6) is 0 Å². The molecule has 1 N–H and O–H groups in total. The Balaban J connectivity index is 0.00000400. The Morgan fingerprint density at radius 2 is 2.05 bits per heavy atom. The highest BCUT2D eigenvalue weighted by Gasteiger charge is 2.41. The number of ether oxygens (including phenoxy) is 1. The zero-order valence-electron chi connectivity index (χ0n) is 12.1. The second kappa shape index (κ2) is 9.94. The topological polar surface area (TPSA) is 55.8 Å². The summed E-state index contributed by atoms with van der Waals surface area (Å²) >= 11 is 6.36. The summed E-state index contributed by atoms with van der Waals surface area (Å²) in [6, 6.07) is 0. The molecule has 0 heterocycles. The first-order valence-electron chi connectivity index (χ1n) is 7.31. The second-order valence-corrected chi connectivity index (χ2v) is 6.30. The average Bonchev–Trinajstić information content (AvgIpc) is 2.77. The number of alkyl halides is 1. The van der Waals surface area contributed by atoms with Crippen molar-refractivity contribution in [3.8, 4) is 0 Å². The molecule has 1 fully saturated rings. The summed E-state index contributed by atoms with van der Waals surface area (Å²) in [7, 11) is 3.70. The van der Waals surface area contributed by atoms with Crippen LogP contribution in [0.1, 0.15) is 46.4 Å². The van der Waals surface area contributed by atoms with Crippen LogP contribution in [0.15, 0.2) is 0 Å². The Morgan fingerprint density at radius 3 is 2.65 bits per heavy atom. The minimum absolute atomic E-state index is 0. The van der Waals surface area contributed by atoms with Crippen molar-refractivity contribution in [3.63, 3.8) is 0 Å². The first kappa shape index (κ1) is 18.2. The standard InChI is InChI=1S/C14H26ClO4P.H2/c1-18-14(17)7-5-3-2-4-6-10-11(9-16)13(19-20)8-12(10)15;/h10-13,16H,2-9,20H2,1H3;1H/t10-,11-,12?,13?;/m1./s1/i;1+2. The summed E-state index contributed by atoms with van der Waals surface area (Å²) in [4.78, 5) is 11.0. The van der Waals surface area contributed by atoms with E-state index in [9.17, 15) is 9.90 Å². The summed E-state index contributed by atoms with van der Waals surface area (Å²) < 4.78 is 9.92. The maximum atomic E-state index is 11.0. The van der Waals surface area contributed by atoms with Gasteiger partial charge in [0.05, 0.1) is 13.2 Å². The Hall–Kier alpha value is 0.110. The van der Waals surface area contributed by atoms with Gasteiger partial charge in [0, 0.05) is 35.2 Å². The van der Waals surface area contributed by atoms with Crippen molar-refractivity contribution in [1.82, 2.24) is 0 Å². The Labute approximate surface area is 130 Å². The van der Waals surface area contributed by atoms with Gasteiger partial charge in [0.15, 0.2) is 0 Å². The third kappa shape index (κ3) is 5.48. The Bertz CT molecular complexity index is 296. The van der Waals surface area contributed by atoms with Gasteiger partial charge in [-0.15, -0.1) is 11.6 Å². The molecule has 0 radical (unpaired) electrons. The van der Waals surface area contributed by atoms with Crippen LogP contribution in [-0.4, -0.2) is 36.3 Å². The van der Waals surface area contributed by atoms with E-state index in [-0.39, 0.29) is 31.4 Å². The van der Waals surface area contributed by atoms with E-state index in [1.807, 2.05) is 0 Å². The lowest BCUT2D eigenvalue weighted by molar-refractivity contribution is -0.140. The minimum Gasteiger partial charge on any atom is -0.469 e. The predicted octanol–water partition coefficient (Wildman–Crippen LogP) is 3.16. The van der Waals surface area contributed by atoms with Gasteiger partial charge in [0.2, 0.25) is 0 Å². The molecule has 0 amide bonds. The number of carbonyl (C=O) groups is 1. The van der Waals surface area contributed by atoms with Gasteiger partial charge < -0.3 is 14.4 Å². The van der Waals surface area contributed by atoms with Gasteiger partial charge in [-0.2, -0.15) is 0 Å². The third-order valence-corrected chi connectivity index (χ3v) is 5.08. The summed E-state index contributed by atoms with van der Waals surface area (Å²) in [5.41, 5.74) is 0. The maximum absolute atomic E-state index is 11.0. The van der Waals surface area contributed by atoms with E-state index in [4.69, 9.17) is 16.1 Å². The van der Waals surface area contributed by atoms with E-state index in [2.05, 4.69) is 14.2 Å². The van der Waals surface area contributed by atoms with E-state index >= 15 is 0 Å². The Morgan fingerprint density at radius 1 is 1.35 bits per heavy atom. The van der Waals surface area contributed by atoms with Gasteiger partial charge in [-0.05, 0) is 25.2 Å². The number of rotatable bonds is 9. The van der Waals surface area contributed by atoms with E-state index in [0.29, 0.717) is 12.3 Å². The summed E-state index contributed by atoms with van der Waals surface area (Å²) in [5.74, 6) is 0.334. The van der Waals surface area contributed by atoms with Crippen LogP contribution in [0, 0.1) is 11.8 Å². The van der Waals surface area contributed by atoms with E-state index < -0.39 is 0 Å². The number of aliphatic hydroxyl groups excluding tert-OH is 1. The largest absolute Gasteiger partial charge is 0.469 e. The molecule has 1 aliphatic carbocycles. The van der Waals surface area contributed by atoms with Crippen LogP contribution in [0.3, 0.4) is 0 Å². The monoisotopic (exact) mass is 328 g/mol. The van der Waals surface area contributed by atoms with Gasteiger partial charge in [0.1, 0.15) is 0 Å². The fraction of sp³-hybridized carbons (Fsp3) is 0.929. The molecule has 0 bridgehead atoms. The molecule has 20 heavy (non-hydrogen) atoms. The summed E-state index contributed by atoms with van der Waals surface area (Å²) in [6.07, 6.45) is 6.45. The van der Waals surface area contributed by atoms with Crippen LogP contribution in [0.4, 0.5) is 0 Å². The molecule has 1 rings (SSSR count). The lowest BCUT2D eigenvalue weighted by Gasteiger charge is -2.22. The van der Waals surface area contributed by atoms with Gasteiger partial charge in [-0.1, -0.05) is 19.3 Å². The first-order chi connectivity index (χ1) is 9.63. The number of esters is 1. The van der Waals surface area contributed by atoms with Crippen LogP contribution in [0.2, 0.25) is 0 Å². The molecule has 0 aromatic carbocycles. The average molecular weight is 329 g/mol. The normalized spacial score (nSPS) is 29.6. The molecule has 0 aromatic rings. The van der Waals surface area contributed by atoms with E-state index in [1.165, 1.54) is 7.11 Å². The number of hydrogen-bond acceptors (Lipinski definition) is 4. The first-order valence-corrected chi connectivity index (χ1v) is 8.22. The molecule has 6 heteroatoms. The van der Waals surface area contributed by atoms with Crippen molar-refractivity contribution < 1.29 is 20.6 Å². The van der Waals surface area contributed by atoms with Crippen molar-refractivity contribution in [2.24, 2.45) is 11.8 Å². The molecule has 0 aliphatic heterocycles. The van der Waals surface area contributed by atoms with Crippen molar-refractivity contribution >= 4 is 27.0 Å². The lowest BCUT2D eigenvalue weighted by Crippen LogP contribution is -2.24. The molecule has 5 atom stereocenters. The number of methoxy groups -OCH3 is 1. The van der Waals surface area contributed by atoms with Crippen molar-refractivity contribution in [3.05, 3.63) is 0 Å². The molecule has 1 saturated carbocycles. The van der Waals surface area contributed by atoms with Crippen LogP contribution >= 0.6 is 21.1 Å². The van der Waals surface area contributed by atoms with Crippen molar-refractivity contribution in [1.29, 1.82) is 0 Å². The number of aliphatic hydroxyl groups is 1. The highest BCUT2D eigenvalue weighted by Crippen LogP contribution is 2.41. The van der Waals surface area contributed by atoms with Crippen molar-refractivity contribution in [2.75, 3.05) is 13.7 Å². The van der Waals surface area contributed by atoms with Crippen LogP contribution in [0.25, 0.3) is 0 Å². The molecular formula is C14H28ClO4P. The maximum Gasteiger partial charge on any atom is 0.305 e. The SMILES string of the molecule is COC(=O)CCCCCC[C@H]1C(Cl)CC(OP)[C@@H]1CO.[3HH]. The quantitative estimate of drug-likeness (QED) is 0.306. The minimum atomic E-state index is -0.137. The van der Waals surface area contributed by atoms with Gasteiger partial charge >= 0.3 is 5.97 Å². The van der Waals surface area contributed by atoms with Crippen LogP contribution < -0.4 is 0 Å². The zero-order chi connectivity index (χ0) is 15.0. The van der Waals surface area contributed by atoms with Gasteiger partial charge in [-0.3, -0.25) is 4.79 Å². The predicted molar refractivity (Wildman–Crippen MR) is 84.7 cm³/mol. The highest BCUT2D eigenvalue weighted by atomic mass is 35.5. The number of hydrogen-bond donors (Lipinski definition) is 1. The Kier molecular flexibility index (Phi) is 9.03. The molecule has 120 valence electrons. The third-order valence-electron chi connectivity index (χ3n) is 4.23. The zero-order valence-corrected chi connectivity index (χ0v) is 14.0.